The number of amides is 1. The molecular weight excluding hydrogens is 314 g/mol. The molecule has 1 aromatic heterocycles. The van der Waals surface area contributed by atoms with Crippen LogP contribution >= 0.6 is 0 Å². The van der Waals surface area contributed by atoms with Gasteiger partial charge < -0.3 is 9.64 Å². The highest BCUT2D eigenvalue weighted by atomic mass is 16.5. The summed E-state index contributed by atoms with van der Waals surface area (Å²) in [4.78, 5) is 21.0. The Labute approximate surface area is 149 Å². The average molecular weight is 339 g/mol. The fourth-order valence-electron chi connectivity index (χ4n) is 2.99. The number of rotatable bonds is 5. The van der Waals surface area contributed by atoms with Crippen molar-refractivity contribution in [2.45, 2.75) is 26.5 Å². The Morgan fingerprint density at radius 3 is 2.28 bits per heavy atom. The Balaban J connectivity index is 1.52. The molecule has 1 saturated heterocycles. The molecule has 3 rings (SSSR count). The minimum atomic E-state index is 0.0969. The Bertz CT molecular complexity index is 678. The van der Waals surface area contributed by atoms with Crippen LogP contribution in [-0.2, 0) is 6.54 Å². The monoisotopic (exact) mass is 339 g/mol. The van der Waals surface area contributed by atoms with E-state index in [1.165, 1.54) is 5.56 Å². The predicted octanol–water partition coefficient (Wildman–Crippen LogP) is 2.83. The van der Waals surface area contributed by atoms with Crippen LogP contribution < -0.4 is 4.74 Å². The van der Waals surface area contributed by atoms with Gasteiger partial charge in [-0.05, 0) is 55.8 Å². The fraction of sp³-hybridized carbons (Fsp3) is 0.400. The highest BCUT2D eigenvalue weighted by molar-refractivity contribution is 5.94. The second kappa shape index (κ2) is 8.12. The third kappa shape index (κ3) is 4.79. The summed E-state index contributed by atoms with van der Waals surface area (Å²) in [5.41, 5.74) is 1.98. The molecule has 1 amide bonds. The lowest BCUT2D eigenvalue weighted by molar-refractivity contribution is 0.0628. The van der Waals surface area contributed by atoms with Crippen LogP contribution in [0.3, 0.4) is 0 Å². The SMILES string of the molecule is CC(C)Oc1ccc(C(=O)N2CCN(Cc3ccncc3)CC2)cc1. The molecule has 25 heavy (non-hydrogen) atoms. The first-order chi connectivity index (χ1) is 12.1. The first kappa shape index (κ1) is 17.4. The van der Waals surface area contributed by atoms with E-state index in [-0.39, 0.29) is 12.0 Å². The lowest BCUT2D eigenvalue weighted by Crippen LogP contribution is -2.48. The van der Waals surface area contributed by atoms with Gasteiger partial charge in [0.25, 0.3) is 5.91 Å². The predicted molar refractivity (Wildman–Crippen MR) is 97.6 cm³/mol. The number of carbonyl (C=O) groups excluding carboxylic acids is 1. The number of pyridine rings is 1. The van der Waals surface area contributed by atoms with E-state index >= 15 is 0 Å². The summed E-state index contributed by atoms with van der Waals surface area (Å²) in [5.74, 6) is 0.897. The maximum atomic E-state index is 12.7. The molecule has 5 nitrogen and oxygen atoms in total. The zero-order valence-corrected chi connectivity index (χ0v) is 14.9. The number of carbonyl (C=O) groups is 1. The van der Waals surface area contributed by atoms with E-state index in [1.54, 1.807) is 0 Å². The van der Waals surface area contributed by atoms with Crippen LogP contribution in [0.2, 0.25) is 0 Å². The van der Waals surface area contributed by atoms with Crippen molar-refractivity contribution in [3.63, 3.8) is 0 Å². The molecule has 0 aliphatic carbocycles. The number of ether oxygens (including phenoxy) is 1. The zero-order valence-electron chi connectivity index (χ0n) is 14.9. The molecule has 0 atom stereocenters. The molecule has 0 spiro atoms. The summed E-state index contributed by atoms with van der Waals surface area (Å²) in [6, 6.07) is 11.5. The maximum Gasteiger partial charge on any atom is 0.253 e. The van der Waals surface area contributed by atoms with E-state index in [0.717, 1.165) is 44.0 Å². The summed E-state index contributed by atoms with van der Waals surface area (Å²) in [7, 11) is 0. The van der Waals surface area contributed by atoms with E-state index in [4.69, 9.17) is 4.74 Å². The Morgan fingerprint density at radius 2 is 1.68 bits per heavy atom. The van der Waals surface area contributed by atoms with E-state index < -0.39 is 0 Å². The average Bonchev–Trinajstić information content (AvgIpc) is 2.63. The van der Waals surface area contributed by atoms with Gasteiger partial charge in [-0.1, -0.05) is 0 Å². The van der Waals surface area contributed by atoms with E-state index in [0.29, 0.717) is 0 Å². The number of nitrogens with zero attached hydrogens (tertiary/aromatic N) is 3. The van der Waals surface area contributed by atoms with Crippen molar-refractivity contribution in [3.8, 4) is 5.75 Å². The smallest absolute Gasteiger partial charge is 0.253 e. The van der Waals surface area contributed by atoms with E-state index in [2.05, 4.69) is 9.88 Å². The van der Waals surface area contributed by atoms with Crippen molar-refractivity contribution >= 4 is 5.91 Å². The molecule has 1 aromatic carbocycles. The van der Waals surface area contributed by atoms with Gasteiger partial charge in [0, 0.05) is 50.7 Å². The molecular formula is C20H25N3O2. The molecule has 1 fully saturated rings. The number of piperazine rings is 1. The molecule has 132 valence electrons. The van der Waals surface area contributed by atoms with Gasteiger partial charge in [-0.3, -0.25) is 14.7 Å². The Kier molecular flexibility index (Phi) is 5.66. The summed E-state index contributed by atoms with van der Waals surface area (Å²) in [6.07, 6.45) is 3.78. The molecule has 0 saturated carbocycles. The number of hydrogen-bond acceptors (Lipinski definition) is 4. The van der Waals surface area contributed by atoms with Crippen molar-refractivity contribution < 1.29 is 9.53 Å². The van der Waals surface area contributed by atoms with Crippen LogP contribution in [0.25, 0.3) is 0 Å². The summed E-state index contributed by atoms with van der Waals surface area (Å²) >= 11 is 0. The van der Waals surface area contributed by atoms with Gasteiger partial charge in [0.1, 0.15) is 5.75 Å². The summed E-state index contributed by atoms with van der Waals surface area (Å²) < 4.78 is 5.63. The van der Waals surface area contributed by atoms with Crippen molar-refractivity contribution in [2.75, 3.05) is 26.2 Å². The van der Waals surface area contributed by atoms with Crippen molar-refractivity contribution in [2.24, 2.45) is 0 Å². The molecule has 2 aromatic rings. The van der Waals surface area contributed by atoms with Crippen LogP contribution in [0.15, 0.2) is 48.8 Å². The van der Waals surface area contributed by atoms with Gasteiger partial charge in [0.15, 0.2) is 0 Å². The van der Waals surface area contributed by atoms with E-state index in [1.807, 2.05) is 67.5 Å². The summed E-state index contributed by atoms with van der Waals surface area (Å²) in [6.45, 7) is 8.19. The highest BCUT2D eigenvalue weighted by Gasteiger charge is 2.22. The Morgan fingerprint density at radius 1 is 1.04 bits per heavy atom. The first-order valence-electron chi connectivity index (χ1n) is 8.79. The standard InChI is InChI=1S/C20H25N3O2/c1-16(2)25-19-5-3-18(4-6-19)20(24)23-13-11-22(12-14-23)15-17-7-9-21-10-8-17/h3-10,16H,11-15H2,1-2H3. The molecule has 0 bridgehead atoms. The molecule has 1 aliphatic heterocycles. The van der Waals surface area contributed by atoms with Crippen LogP contribution in [0.5, 0.6) is 5.75 Å². The van der Waals surface area contributed by atoms with Gasteiger partial charge in [0.2, 0.25) is 0 Å². The highest BCUT2D eigenvalue weighted by Crippen LogP contribution is 2.16. The van der Waals surface area contributed by atoms with Gasteiger partial charge in [-0.25, -0.2) is 0 Å². The van der Waals surface area contributed by atoms with Crippen LogP contribution in [0.4, 0.5) is 0 Å². The molecule has 0 unspecified atom stereocenters. The van der Waals surface area contributed by atoms with E-state index in [9.17, 15) is 4.79 Å². The third-order valence-electron chi connectivity index (χ3n) is 4.29. The van der Waals surface area contributed by atoms with Crippen molar-refractivity contribution in [1.82, 2.24) is 14.8 Å². The zero-order chi connectivity index (χ0) is 17.6. The van der Waals surface area contributed by atoms with Gasteiger partial charge in [-0.2, -0.15) is 0 Å². The molecule has 0 N–H and O–H groups in total. The second-order valence-electron chi connectivity index (χ2n) is 6.61. The summed E-state index contributed by atoms with van der Waals surface area (Å²) in [5, 5.41) is 0. The fourth-order valence-corrected chi connectivity index (χ4v) is 2.99. The quantitative estimate of drug-likeness (QED) is 0.840. The Hall–Kier alpha value is -2.40. The molecule has 0 radical (unpaired) electrons. The third-order valence-corrected chi connectivity index (χ3v) is 4.29. The second-order valence-corrected chi connectivity index (χ2v) is 6.61. The normalized spacial score (nSPS) is 15.4. The minimum absolute atomic E-state index is 0.0969. The topological polar surface area (TPSA) is 45.7 Å². The van der Waals surface area contributed by atoms with Gasteiger partial charge in [0.05, 0.1) is 6.10 Å². The minimum Gasteiger partial charge on any atom is -0.491 e. The van der Waals surface area contributed by atoms with Crippen LogP contribution in [-0.4, -0.2) is 53.0 Å². The number of aromatic nitrogens is 1. The number of hydrogen-bond donors (Lipinski definition) is 0. The molecule has 5 heteroatoms. The number of benzene rings is 1. The molecule has 2 heterocycles. The van der Waals surface area contributed by atoms with Crippen LogP contribution in [0, 0.1) is 0 Å². The van der Waals surface area contributed by atoms with Crippen LogP contribution in [0.1, 0.15) is 29.8 Å². The maximum absolute atomic E-state index is 12.7. The first-order valence-corrected chi connectivity index (χ1v) is 8.79. The lowest BCUT2D eigenvalue weighted by atomic mass is 10.1. The van der Waals surface area contributed by atoms with Crippen molar-refractivity contribution in [1.29, 1.82) is 0 Å². The van der Waals surface area contributed by atoms with Gasteiger partial charge in [-0.15, -0.1) is 0 Å². The van der Waals surface area contributed by atoms with Gasteiger partial charge >= 0.3 is 0 Å². The molecule has 1 aliphatic rings. The van der Waals surface area contributed by atoms with Crippen molar-refractivity contribution in [3.05, 3.63) is 59.9 Å². The largest absolute Gasteiger partial charge is 0.491 e. The lowest BCUT2D eigenvalue weighted by Gasteiger charge is -2.34.